The lowest BCUT2D eigenvalue weighted by Gasteiger charge is -2.19. The van der Waals surface area contributed by atoms with Crippen molar-refractivity contribution >= 4 is 11.6 Å². The van der Waals surface area contributed by atoms with Gasteiger partial charge in [0, 0.05) is 23.9 Å². The van der Waals surface area contributed by atoms with Gasteiger partial charge in [0.2, 0.25) is 5.60 Å². The van der Waals surface area contributed by atoms with Crippen LogP contribution < -0.4 is 5.32 Å². The lowest BCUT2D eigenvalue weighted by atomic mass is 9.85. The minimum atomic E-state index is -0.817. The van der Waals surface area contributed by atoms with Crippen molar-refractivity contribution in [1.29, 1.82) is 0 Å². The molecule has 1 amide bonds. The van der Waals surface area contributed by atoms with E-state index in [4.69, 9.17) is 4.84 Å². The summed E-state index contributed by atoms with van der Waals surface area (Å²) in [6, 6.07) is 4.29. The van der Waals surface area contributed by atoms with Gasteiger partial charge in [-0.05, 0) is 45.7 Å². The Morgan fingerprint density at radius 3 is 2.33 bits per heavy atom. The fourth-order valence-corrected chi connectivity index (χ4v) is 3.72. The first-order valence-corrected chi connectivity index (χ1v) is 7.38. The first-order valence-electron chi connectivity index (χ1n) is 7.38. The standard InChI is InChI=1S/C17H22N2O2/c1-10-6-11(2)14(12(3)7-10)13-8-17(21-19-13)9-16(4,5)18-15(17)20/h6-7H,8-9H2,1-5H3,(H,18,20). The lowest BCUT2D eigenvalue weighted by molar-refractivity contribution is -0.138. The van der Waals surface area contributed by atoms with Crippen LogP contribution in [0.3, 0.4) is 0 Å². The third-order valence-corrected chi connectivity index (χ3v) is 4.34. The van der Waals surface area contributed by atoms with Crippen LogP contribution in [0.2, 0.25) is 0 Å². The molecule has 112 valence electrons. The normalized spacial score (nSPS) is 26.7. The van der Waals surface area contributed by atoms with E-state index < -0.39 is 5.60 Å². The highest BCUT2D eigenvalue weighted by atomic mass is 16.7. The summed E-state index contributed by atoms with van der Waals surface area (Å²) in [5.74, 6) is -0.0475. The molecule has 1 aromatic carbocycles. The van der Waals surface area contributed by atoms with Gasteiger partial charge in [-0.25, -0.2) is 0 Å². The van der Waals surface area contributed by atoms with Gasteiger partial charge in [-0.3, -0.25) is 4.79 Å². The number of nitrogens with one attached hydrogen (secondary N) is 1. The molecular weight excluding hydrogens is 264 g/mol. The number of nitrogens with zero attached hydrogens (tertiary/aromatic N) is 1. The summed E-state index contributed by atoms with van der Waals surface area (Å²) in [4.78, 5) is 17.9. The van der Waals surface area contributed by atoms with Crippen LogP contribution in [-0.2, 0) is 9.63 Å². The molecule has 21 heavy (non-hydrogen) atoms. The molecule has 1 spiro atoms. The molecular formula is C17H22N2O2. The number of hydrogen-bond acceptors (Lipinski definition) is 3. The highest BCUT2D eigenvalue weighted by Gasteiger charge is 2.56. The first-order chi connectivity index (χ1) is 9.72. The second-order valence-corrected chi connectivity index (χ2v) is 7.09. The van der Waals surface area contributed by atoms with Gasteiger partial charge in [0.1, 0.15) is 0 Å². The smallest absolute Gasteiger partial charge is 0.267 e. The van der Waals surface area contributed by atoms with Crippen LogP contribution in [-0.4, -0.2) is 22.8 Å². The average molecular weight is 286 g/mol. The largest absolute Gasteiger partial charge is 0.378 e. The Labute approximate surface area is 125 Å². The predicted molar refractivity (Wildman–Crippen MR) is 82.5 cm³/mol. The van der Waals surface area contributed by atoms with Crippen LogP contribution in [0.15, 0.2) is 17.3 Å². The topological polar surface area (TPSA) is 50.7 Å². The maximum absolute atomic E-state index is 12.3. The van der Waals surface area contributed by atoms with Crippen LogP contribution in [0.25, 0.3) is 0 Å². The summed E-state index contributed by atoms with van der Waals surface area (Å²) in [6.45, 7) is 10.3. The number of carbonyl (C=O) groups excluding carboxylic acids is 1. The Hall–Kier alpha value is -1.84. The van der Waals surface area contributed by atoms with Gasteiger partial charge in [-0.15, -0.1) is 0 Å². The highest BCUT2D eigenvalue weighted by molar-refractivity contribution is 6.07. The van der Waals surface area contributed by atoms with Gasteiger partial charge in [0.25, 0.3) is 5.91 Å². The van der Waals surface area contributed by atoms with Crippen molar-refractivity contribution in [3.63, 3.8) is 0 Å². The molecule has 2 aliphatic heterocycles. The van der Waals surface area contributed by atoms with E-state index in [1.165, 1.54) is 16.7 Å². The molecule has 0 aliphatic carbocycles. The Morgan fingerprint density at radius 2 is 1.81 bits per heavy atom. The van der Waals surface area contributed by atoms with Gasteiger partial charge >= 0.3 is 0 Å². The summed E-state index contributed by atoms with van der Waals surface area (Å²) in [6.07, 6.45) is 1.20. The van der Waals surface area contributed by atoms with Crippen molar-refractivity contribution in [1.82, 2.24) is 5.32 Å². The second kappa shape index (κ2) is 4.33. The maximum atomic E-state index is 12.3. The molecule has 1 saturated heterocycles. The monoisotopic (exact) mass is 286 g/mol. The zero-order valence-corrected chi connectivity index (χ0v) is 13.3. The quantitative estimate of drug-likeness (QED) is 0.863. The fraction of sp³-hybridized carbons (Fsp3) is 0.529. The Morgan fingerprint density at radius 1 is 1.19 bits per heavy atom. The summed E-state index contributed by atoms with van der Waals surface area (Å²) < 4.78 is 0. The van der Waals surface area contributed by atoms with E-state index in [0.29, 0.717) is 12.8 Å². The SMILES string of the molecule is Cc1cc(C)c(C2=NOC3(C2)CC(C)(C)NC3=O)c(C)c1. The van der Waals surface area contributed by atoms with Gasteiger partial charge in [-0.2, -0.15) is 0 Å². The molecule has 1 unspecified atom stereocenters. The number of carbonyl (C=O) groups is 1. The van der Waals surface area contributed by atoms with Crippen LogP contribution in [0.1, 0.15) is 48.9 Å². The molecule has 4 heteroatoms. The van der Waals surface area contributed by atoms with E-state index >= 15 is 0 Å². The minimum Gasteiger partial charge on any atom is -0.378 e. The Kier molecular flexibility index (Phi) is 2.91. The predicted octanol–water partition coefficient (Wildman–Crippen LogP) is 2.77. The van der Waals surface area contributed by atoms with Crippen molar-refractivity contribution in [3.05, 3.63) is 34.4 Å². The van der Waals surface area contributed by atoms with E-state index in [1.54, 1.807) is 0 Å². The summed E-state index contributed by atoms with van der Waals surface area (Å²) in [5, 5.41) is 7.26. The molecule has 0 aromatic heterocycles. The summed E-state index contributed by atoms with van der Waals surface area (Å²) in [5.41, 5.74) is 4.56. The molecule has 1 fully saturated rings. The zero-order valence-electron chi connectivity index (χ0n) is 13.3. The van der Waals surface area contributed by atoms with Crippen molar-refractivity contribution in [3.8, 4) is 0 Å². The van der Waals surface area contributed by atoms with E-state index in [0.717, 1.165) is 11.3 Å². The average Bonchev–Trinajstić information content (AvgIpc) is 2.80. The molecule has 1 aromatic rings. The van der Waals surface area contributed by atoms with Gasteiger partial charge in [-0.1, -0.05) is 22.9 Å². The first kappa shape index (κ1) is 14.1. The molecule has 4 nitrogen and oxygen atoms in total. The summed E-state index contributed by atoms with van der Waals surface area (Å²) in [7, 11) is 0. The molecule has 2 heterocycles. The third kappa shape index (κ3) is 2.23. The van der Waals surface area contributed by atoms with E-state index in [9.17, 15) is 4.79 Å². The van der Waals surface area contributed by atoms with E-state index in [-0.39, 0.29) is 11.4 Å². The Balaban J connectivity index is 1.94. The molecule has 0 saturated carbocycles. The second-order valence-electron chi connectivity index (χ2n) is 7.09. The molecule has 0 radical (unpaired) electrons. The number of aryl methyl sites for hydroxylation is 3. The van der Waals surface area contributed by atoms with Crippen LogP contribution in [0.4, 0.5) is 0 Å². The molecule has 1 atom stereocenters. The van der Waals surface area contributed by atoms with Crippen LogP contribution in [0.5, 0.6) is 0 Å². The molecule has 0 bridgehead atoms. The van der Waals surface area contributed by atoms with Crippen LogP contribution in [0, 0.1) is 20.8 Å². The van der Waals surface area contributed by atoms with Crippen molar-refractivity contribution in [2.75, 3.05) is 0 Å². The number of amides is 1. The van der Waals surface area contributed by atoms with E-state index in [2.05, 4.69) is 43.4 Å². The van der Waals surface area contributed by atoms with Crippen LogP contribution >= 0.6 is 0 Å². The third-order valence-electron chi connectivity index (χ3n) is 4.34. The highest BCUT2D eigenvalue weighted by Crippen LogP contribution is 2.39. The number of oxime groups is 1. The fourth-order valence-electron chi connectivity index (χ4n) is 3.72. The maximum Gasteiger partial charge on any atom is 0.267 e. The van der Waals surface area contributed by atoms with Gasteiger partial charge in [0.05, 0.1) is 5.71 Å². The molecule has 3 rings (SSSR count). The number of benzene rings is 1. The molecule has 2 aliphatic rings. The minimum absolute atomic E-state index is 0.0475. The number of rotatable bonds is 1. The Bertz CT molecular complexity index is 638. The van der Waals surface area contributed by atoms with Crippen molar-refractivity contribution in [2.24, 2.45) is 5.16 Å². The van der Waals surface area contributed by atoms with Gasteiger partial charge < -0.3 is 10.2 Å². The molecule has 1 N–H and O–H groups in total. The lowest BCUT2D eigenvalue weighted by Crippen LogP contribution is -2.39. The summed E-state index contributed by atoms with van der Waals surface area (Å²) >= 11 is 0. The number of hydrogen-bond donors (Lipinski definition) is 1. The zero-order chi connectivity index (χ0) is 15.4. The van der Waals surface area contributed by atoms with Crippen molar-refractivity contribution in [2.45, 2.75) is 58.6 Å². The van der Waals surface area contributed by atoms with Crippen molar-refractivity contribution < 1.29 is 9.63 Å². The van der Waals surface area contributed by atoms with E-state index in [1.807, 2.05) is 13.8 Å². The van der Waals surface area contributed by atoms with Gasteiger partial charge in [0.15, 0.2) is 0 Å².